The molecule has 1 atom stereocenters. The third-order valence-electron chi connectivity index (χ3n) is 3.90. The summed E-state index contributed by atoms with van der Waals surface area (Å²) in [6.45, 7) is 5.71. The summed E-state index contributed by atoms with van der Waals surface area (Å²) in [4.78, 5) is 23.9. The SMILES string of the molecule is CCC(C)n1c(C)c(C(=O)O)c(=O)c2cc(OC)ccc21. The van der Waals surface area contributed by atoms with Gasteiger partial charge in [-0.15, -0.1) is 0 Å². The summed E-state index contributed by atoms with van der Waals surface area (Å²) in [5, 5.41) is 9.74. The second-order valence-electron chi connectivity index (χ2n) is 5.11. The van der Waals surface area contributed by atoms with Gasteiger partial charge in [-0.25, -0.2) is 4.79 Å². The molecule has 1 N–H and O–H groups in total. The topological polar surface area (TPSA) is 68.5 Å². The molecule has 0 saturated heterocycles. The summed E-state index contributed by atoms with van der Waals surface area (Å²) in [5.74, 6) is -0.658. The number of carboxylic acid groups (broad SMARTS) is 1. The molecule has 1 unspecified atom stereocenters. The average Bonchev–Trinajstić information content (AvgIpc) is 2.46. The van der Waals surface area contributed by atoms with Gasteiger partial charge in [0, 0.05) is 11.7 Å². The van der Waals surface area contributed by atoms with Crippen molar-refractivity contribution >= 4 is 16.9 Å². The highest BCUT2D eigenvalue weighted by Gasteiger charge is 2.21. The third kappa shape index (κ3) is 2.39. The number of carboxylic acids is 1. The molecule has 0 aliphatic heterocycles. The molecule has 21 heavy (non-hydrogen) atoms. The van der Waals surface area contributed by atoms with Crippen molar-refractivity contribution in [2.45, 2.75) is 33.2 Å². The number of aromatic nitrogens is 1. The lowest BCUT2D eigenvalue weighted by atomic mass is 10.1. The van der Waals surface area contributed by atoms with Gasteiger partial charge in [-0.1, -0.05) is 6.92 Å². The molecule has 0 amide bonds. The number of pyridine rings is 1. The smallest absolute Gasteiger partial charge is 0.341 e. The lowest BCUT2D eigenvalue weighted by Crippen LogP contribution is -2.24. The van der Waals surface area contributed by atoms with Crippen LogP contribution in [0.3, 0.4) is 0 Å². The Labute approximate surface area is 122 Å². The normalized spacial score (nSPS) is 12.4. The van der Waals surface area contributed by atoms with Crippen molar-refractivity contribution in [3.05, 3.63) is 39.7 Å². The third-order valence-corrected chi connectivity index (χ3v) is 3.90. The molecule has 0 spiro atoms. The lowest BCUT2D eigenvalue weighted by Gasteiger charge is -2.22. The van der Waals surface area contributed by atoms with Crippen LogP contribution in [0, 0.1) is 6.92 Å². The largest absolute Gasteiger partial charge is 0.497 e. The van der Waals surface area contributed by atoms with Gasteiger partial charge < -0.3 is 14.4 Å². The number of hydrogen-bond acceptors (Lipinski definition) is 3. The molecule has 1 aromatic heterocycles. The standard InChI is InChI=1S/C16H19NO4/c1-5-9(2)17-10(3)14(16(19)20)15(18)12-8-11(21-4)6-7-13(12)17/h6-9H,5H2,1-4H3,(H,19,20). The number of nitrogens with zero attached hydrogens (tertiary/aromatic N) is 1. The van der Waals surface area contributed by atoms with Gasteiger partial charge in [-0.05, 0) is 38.5 Å². The molecule has 5 heteroatoms. The van der Waals surface area contributed by atoms with Gasteiger partial charge in [0.05, 0.1) is 18.0 Å². The van der Waals surface area contributed by atoms with E-state index in [-0.39, 0.29) is 11.6 Å². The molecular weight excluding hydrogens is 270 g/mol. The molecule has 5 nitrogen and oxygen atoms in total. The first-order valence-electron chi connectivity index (χ1n) is 6.88. The van der Waals surface area contributed by atoms with Crippen LogP contribution >= 0.6 is 0 Å². The first-order valence-corrected chi connectivity index (χ1v) is 6.88. The van der Waals surface area contributed by atoms with Crippen molar-refractivity contribution in [3.8, 4) is 5.75 Å². The highest BCUT2D eigenvalue weighted by atomic mass is 16.5. The molecule has 0 fully saturated rings. The summed E-state index contributed by atoms with van der Waals surface area (Å²) in [7, 11) is 1.51. The van der Waals surface area contributed by atoms with Gasteiger partial charge in [-0.3, -0.25) is 4.79 Å². The Morgan fingerprint density at radius 2 is 2.10 bits per heavy atom. The Kier molecular flexibility index (Phi) is 4.02. The van der Waals surface area contributed by atoms with E-state index in [1.165, 1.54) is 7.11 Å². The number of carbonyl (C=O) groups is 1. The van der Waals surface area contributed by atoms with Gasteiger partial charge in [0.25, 0.3) is 0 Å². The van der Waals surface area contributed by atoms with E-state index < -0.39 is 11.4 Å². The maximum Gasteiger partial charge on any atom is 0.341 e. The van der Waals surface area contributed by atoms with Gasteiger partial charge in [0.1, 0.15) is 11.3 Å². The zero-order chi connectivity index (χ0) is 15.7. The Bertz CT molecular complexity index is 761. The summed E-state index contributed by atoms with van der Waals surface area (Å²) in [5.41, 5.74) is 0.585. The number of aromatic carboxylic acids is 1. The predicted octanol–water partition coefficient (Wildman–Crippen LogP) is 2.99. The van der Waals surface area contributed by atoms with Crippen LogP contribution in [0.15, 0.2) is 23.0 Å². The highest BCUT2D eigenvalue weighted by molar-refractivity contribution is 5.94. The van der Waals surface area contributed by atoms with Crippen molar-refractivity contribution in [1.29, 1.82) is 0 Å². The molecule has 0 bridgehead atoms. The van der Waals surface area contributed by atoms with E-state index in [9.17, 15) is 14.7 Å². The Balaban J connectivity index is 3.00. The molecule has 0 saturated carbocycles. The van der Waals surface area contributed by atoms with Crippen molar-refractivity contribution in [2.24, 2.45) is 0 Å². The maximum absolute atomic E-state index is 12.5. The summed E-state index contributed by atoms with van der Waals surface area (Å²) in [6, 6.07) is 5.28. The first-order chi connectivity index (χ1) is 9.92. The fourth-order valence-electron chi connectivity index (χ4n) is 2.64. The second kappa shape index (κ2) is 5.60. The second-order valence-corrected chi connectivity index (χ2v) is 5.11. The maximum atomic E-state index is 12.5. The van der Waals surface area contributed by atoms with Crippen LogP contribution < -0.4 is 10.2 Å². The number of fused-ring (bicyclic) bond motifs is 1. The van der Waals surface area contributed by atoms with E-state index in [1.54, 1.807) is 25.1 Å². The summed E-state index contributed by atoms with van der Waals surface area (Å²) < 4.78 is 7.06. The molecule has 2 aromatic rings. The molecule has 2 rings (SSSR count). The Morgan fingerprint density at radius 1 is 1.43 bits per heavy atom. The molecular formula is C16H19NO4. The minimum Gasteiger partial charge on any atom is -0.497 e. The molecule has 1 aromatic carbocycles. The molecule has 0 aliphatic rings. The minimum absolute atomic E-state index is 0.0968. The summed E-state index contributed by atoms with van der Waals surface area (Å²) in [6.07, 6.45) is 0.837. The van der Waals surface area contributed by atoms with Gasteiger partial charge in [-0.2, -0.15) is 0 Å². The van der Waals surface area contributed by atoms with E-state index in [1.807, 2.05) is 18.4 Å². The zero-order valence-electron chi connectivity index (χ0n) is 12.6. The van der Waals surface area contributed by atoms with Crippen molar-refractivity contribution in [1.82, 2.24) is 4.57 Å². The fraction of sp³-hybridized carbons (Fsp3) is 0.375. The van der Waals surface area contributed by atoms with Gasteiger partial charge in [0.2, 0.25) is 5.43 Å². The fourth-order valence-corrected chi connectivity index (χ4v) is 2.64. The van der Waals surface area contributed by atoms with E-state index >= 15 is 0 Å². The number of rotatable bonds is 4. The molecule has 0 radical (unpaired) electrons. The van der Waals surface area contributed by atoms with Gasteiger partial charge >= 0.3 is 5.97 Å². The van der Waals surface area contributed by atoms with Crippen LogP contribution in [0.2, 0.25) is 0 Å². The number of methoxy groups -OCH3 is 1. The number of benzene rings is 1. The number of hydrogen-bond donors (Lipinski definition) is 1. The lowest BCUT2D eigenvalue weighted by molar-refractivity contribution is 0.0693. The van der Waals surface area contributed by atoms with Crippen molar-refractivity contribution in [2.75, 3.05) is 7.11 Å². The van der Waals surface area contributed by atoms with Crippen molar-refractivity contribution in [3.63, 3.8) is 0 Å². The van der Waals surface area contributed by atoms with Crippen LogP contribution in [0.25, 0.3) is 10.9 Å². The van der Waals surface area contributed by atoms with E-state index in [0.29, 0.717) is 16.8 Å². The van der Waals surface area contributed by atoms with E-state index in [0.717, 1.165) is 11.9 Å². The highest BCUT2D eigenvalue weighted by Crippen LogP contribution is 2.25. The van der Waals surface area contributed by atoms with Crippen LogP contribution in [0.5, 0.6) is 5.75 Å². The Morgan fingerprint density at radius 3 is 2.62 bits per heavy atom. The predicted molar refractivity (Wildman–Crippen MR) is 81.5 cm³/mol. The first kappa shape index (κ1) is 15.1. The number of ether oxygens (including phenoxy) is 1. The zero-order valence-corrected chi connectivity index (χ0v) is 12.6. The van der Waals surface area contributed by atoms with Crippen molar-refractivity contribution < 1.29 is 14.6 Å². The quantitative estimate of drug-likeness (QED) is 0.939. The average molecular weight is 289 g/mol. The summed E-state index contributed by atoms with van der Waals surface area (Å²) >= 11 is 0. The molecule has 112 valence electrons. The van der Waals surface area contributed by atoms with Crippen LogP contribution in [-0.2, 0) is 0 Å². The monoisotopic (exact) mass is 289 g/mol. The molecule has 1 heterocycles. The van der Waals surface area contributed by atoms with E-state index in [4.69, 9.17) is 4.74 Å². The minimum atomic E-state index is -1.20. The Hall–Kier alpha value is -2.30. The van der Waals surface area contributed by atoms with E-state index in [2.05, 4.69) is 0 Å². The van der Waals surface area contributed by atoms with Crippen LogP contribution in [0.4, 0.5) is 0 Å². The van der Waals surface area contributed by atoms with Gasteiger partial charge in [0.15, 0.2) is 0 Å². The van der Waals surface area contributed by atoms with Crippen LogP contribution in [-0.4, -0.2) is 22.8 Å². The molecule has 0 aliphatic carbocycles. The van der Waals surface area contributed by atoms with Crippen LogP contribution in [0.1, 0.15) is 42.4 Å².